The molecule has 0 spiro atoms. The molecule has 168 valence electrons. The molecule has 0 heterocycles. The summed E-state index contributed by atoms with van der Waals surface area (Å²) in [5.41, 5.74) is 6.14. The van der Waals surface area contributed by atoms with Gasteiger partial charge in [0.05, 0.1) is 21.3 Å². The van der Waals surface area contributed by atoms with Crippen molar-refractivity contribution in [3.05, 3.63) is 47.5 Å². The molecule has 2 aromatic carbocycles. The normalized spacial score (nSPS) is 11.8. The van der Waals surface area contributed by atoms with Gasteiger partial charge in [-0.2, -0.15) is 0 Å². The Morgan fingerprint density at radius 3 is 1.87 bits per heavy atom. The molecule has 0 aliphatic carbocycles. The van der Waals surface area contributed by atoms with Crippen LogP contribution in [0.3, 0.4) is 0 Å². The van der Waals surface area contributed by atoms with Crippen molar-refractivity contribution in [3.8, 4) is 23.0 Å². The van der Waals surface area contributed by atoms with Crippen molar-refractivity contribution in [1.29, 1.82) is 0 Å². The van der Waals surface area contributed by atoms with Crippen LogP contribution < -0.4 is 29.8 Å². The molecule has 8 nitrogen and oxygen atoms in total. The first kappa shape index (κ1) is 23.9. The number of nitrogens with one attached hydrogen (secondary N) is 2. The maximum absolute atomic E-state index is 12.5. The lowest BCUT2D eigenvalue weighted by atomic mass is 9.87. The fourth-order valence-corrected chi connectivity index (χ4v) is 2.80. The molecule has 2 amide bonds. The number of hydrazine groups is 1. The van der Waals surface area contributed by atoms with Gasteiger partial charge in [0, 0.05) is 5.56 Å². The summed E-state index contributed by atoms with van der Waals surface area (Å²) in [6.45, 7) is 7.96. The van der Waals surface area contributed by atoms with Crippen LogP contribution in [-0.2, 0) is 10.2 Å². The Labute approximate surface area is 182 Å². The van der Waals surface area contributed by atoms with Crippen LogP contribution in [0, 0.1) is 0 Å². The molecule has 2 rings (SSSR count). The second kappa shape index (κ2) is 10.1. The van der Waals surface area contributed by atoms with Crippen molar-refractivity contribution >= 4 is 11.8 Å². The number of methoxy groups -OCH3 is 3. The smallest absolute Gasteiger partial charge is 0.279 e. The van der Waals surface area contributed by atoms with Gasteiger partial charge in [-0.1, -0.05) is 32.9 Å². The van der Waals surface area contributed by atoms with Crippen LogP contribution in [0.2, 0.25) is 0 Å². The minimum atomic E-state index is -0.819. The summed E-state index contributed by atoms with van der Waals surface area (Å²) in [6, 6.07) is 10.5. The summed E-state index contributed by atoms with van der Waals surface area (Å²) < 4.78 is 21.4. The number of ether oxygens (including phenoxy) is 4. The Morgan fingerprint density at radius 2 is 1.42 bits per heavy atom. The highest BCUT2D eigenvalue weighted by Gasteiger charge is 2.20. The second-order valence-electron chi connectivity index (χ2n) is 7.89. The first-order valence-corrected chi connectivity index (χ1v) is 9.78. The van der Waals surface area contributed by atoms with Crippen LogP contribution in [0.4, 0.5) is 0 Å². The minimum Gasteiger partial charge on any atom is -0.493 e. The second-order valence-corrected chi connectivity index (χ2v) is 7.89. The average Bonchev–Trinajstić information content (AvgIpc) is 2.75. The summed E-state index contributed by atoms with van der Waals surface area (Å²) >= 11 is 0. The van der Waals surface area contributed by atoms with Crippen molar-refractivity contribution in [2.75, 3.05) is 21.3 Å². The molecule has 8 heteroatoms. The molecule has 0 saturated heterocycles. The molecule has 0 aromatic heterocycles. The summed E-state index contributed by atoms with van der Waals surface area (Å²) in [5, 5.41) is 0. The van der Waals surface area contributed by atoms with E-state index >= 15 is 0 Å². The molecule has 1 atom stereocenters. The van der Waals surface area contributed by atoms with E-state index in [4.69, 9.17) is 18.9 Å². The van der Waals surface area contributed by atoms with Crippen LogP contribution in [0.15, 0.2) is 36.4 Å². The molecular formula is C23H30N2O6. The Kier molecular flexibility index (Phi) is 7.74. The summed E-state index contributed by atoms with van der Waals surface area (Å²) in [7, 11) is 4.37. The summed E-state index contributed by atoms with van der Waals surface area (Å²) in [4.78, 5) is 24.8. The number of benzene rings is 2. The number of hydrogen-bond acceptors (Lipinski definition) is 6. The topological polar surface area (TPSA) is 95.1 Å². The number of hydrogen-bond donors (Lipinski definition) is 2. The Balaban J connectivity index is 1.99. The highest BCUT2D eigenvalue weighted by atomic mass is 16.5. The highest BCUT2D eigenvalue weighted by molar-refractivity contribution is 5.97. The van der Waals surface area contributed by atoms with E-state index in [0.717, 1.165) is 5.56 Å². The predicted octanol–water partition coefficient (Wildman–Crippen LogP) is 3.24. The molecule has 0 aliphatic rings. The van der Waals surface area contributed by atoms with Gasteiger partial charge in [0.25, 0.3) is 11.8 Å². The molecule has 1 unspecified atom stereocenters. The van der Waals surface area contributed by atoms with E-state index in [1.165, 1.54) is 33.5 Å². The SMILES string of the molecule is COc1cc(C(=O)NNC(=O)C(C)Oc2ccc(C(C)(C)C)cc2)cc(OC)c1OC. The van der Waals surface area contributed by atoms with E-state index in [1.807, 2.05) is 24.3 Å². The highest BCUT2D eigenvalue weighted by Crippen LogP contribution is 2.38. The van der Waals surface area contributed by atoms with E-state index in [-0.39, 0.29) is 11.0 Å². The molecule has 0 fully saturated rings. The van der Waals surface area contributed by atoms with E-state index in [0.29, 0.717) is 23.0 Å². The maximum Gasteiger partial charge on any atom is 0.279 e. The molecule has 0 bridgehead atoms. The van der Waals surface area contributed by atoms with Gasteiger partial charge in [-0.25, -0.2) is 0 Å². The van der Waals surface area contributed by atoms with Gasteiger partial charge in [-0.3, -0.25) is 20.4 Å². The van der Waals surface area contributed by atoms with E-state index < -0.39 is 17.9 Å². The zero-order chi connectivity index (χ0) is 23.2. The number of amides is 2. The Morgan fingerprint density at radius 1 is 0.871 bits per heavy atom. The Bertz CT molecular complexity index is 894. The summed E-state index contributed by atoms with van der Waals surface area (Å²) in [6.07, 6.45) is -0.819. The molecule has 2 N–H and O–H groups in total. The monoisotopic (exact) mass is 430 g/mol. The van der Waals surface area contributed by atoms with Gasteiger partial charge in [0.2, 0.25) is 5.75 Å². The predicted molar refractivity (Wildman–Crippen MR) is 117 cm³/mol. The van der Waals surface area contributed by atoms with E-state index in [9.17, 15) is 9.59 Å². The third-order valence-electron chi connectivity index (χ3n) is 4.63. The Hall–Kier alpha value is -3.42. The number of carbonyl (C=O) groups excluding carboxylic acids is 2. The third-order valence-corrected chi connectivity index (χ3v) is 4.63. The van der Waals surface area contributed by atoms with Crippen molar-refractivity contribution in [1.82, 2.24) is 10.9 Å². The first-order valence-electron chi connectivity index (χ1n) is 9.78. The zero-order valence-electron chi connectivity index (χ0n) is 19.0. The van der Waals surface area contributed by atoms with E-state index in [2.05, 4.69) is 31.6 Å². The number of rotatable bonds is 7. The standard InChI is InChI=1S/C23H30N2O6/c1-14(31-17-10-8-16(9-11-17)23(2,3)4)21(26)24-25-22(27)15-12-18(28-5)20(30-7)19(13-15)29-6/h8-14H,1-7H3,(H,24,26)(H,25,27). The molecular weight excluding hydrogens is 400 g/mol. The van der Waals surface area contributed by atoms with Gasteiger partial charge < -0.3 is 18.9 Å². The first-order chi connectivity index (χ1) is 14.6. The van der Waals surface area contributed by atoms with Crippen LogP contribution in [0.5, 0.6) is 23.0 Å². The van der Waals surface area contributed by atoms with Crippen LogP contribution >= 0.6 is 0 Å². The molecule has 2 aromatic rings. The lowest BCUT2D eigenvalue weighted by Gasteiger charge is -2.20. The van der Waals surface area contributed by atoms with Crippen LogP contribution in [0.1, 0.15) is 43.6 Å². The van der Waals surface area contributed by atoms with Gasteiger partial charge in [-0.15, -0.1) is 0 Å². The van der Waals surface area contributed by atoms with Crippen molar-refractivity contribution in [2.45, 2.75) is 39.2 Å². The molecule has 0 radical (unpaired) electrons. The minimum absolute atomic E-state index is 0.0264. The number of carbonyl (C=O) groups is 2. The molecule has 31 heavy (non-hydrogen) atoms. The largest absolute Gasteiger partial charge is 0.493 e. The molecule has 0 saturated carbocycles. The average molecular weight is 431 g/mol. The fraction of sp³-hybridized carbons (Fsp3) is 0.391. The quantitative estimate of drug-likeness (QED) is 0.655. The van der Waals surface area contributed by atoms with Crippen LogP contribution in [0.25, 0.3) is 0 Å². The fourth-order valence-electron chi connectivity index (χ4n) is 2.80. The maximum atomic E-state index is 12.5. The van der Waals surface area contributed by atoms with Gasteiger partial charge in [0.15, 0.2) is 17.6 Å². The van der Waals surface area contributed by atoms with E-state index in [1.54, 1.807) is 6.92 Å². The van der Waals surface area contributed by atoms with Crippen molar-refractivity contribution in [3.63, 3.8) is 0 Å². The third kappa shape index (κ3) is 6.04. The summed E-state index contributed by atoms with van der Waals surface area (Å²) in [5.74, 6) is 0.536. The van der Waals surface area contributed by atoms with Gasteiger partial charge in [-0.05, 0) is 42.2 Å². The van der Waals surface area contributed by atoms with Gasteiger partial charge >= 0.3 is 0 Å². The van der Waals surface area contributed by atoms with Crippen LogP contribution in [-0.4, -0.2) is 39.2 Å². The zero-order valence-corrected chi connectivity index (χ0v) is 19.0. The van der Waals surface area contributed by atoms with Gasteiger partial charge in [0.1, 0.15) is 5.75 Å². The van der Waals surface area contributed by atoms with Crippen molar-refractivity contribution < 1.29 is 28.5 Å². The van der Waals surface area contributed by atoms with Crippen molar-refractivity contribution in [2.24, 2.45) is 0 Å². The molecule has 0 aliphatic heterocycles. The lowest BCUT2D eigenvalue weighted by molar-refractivity contribution is -0.128. The lowest BCUT2D eigenvalue weighted by Crippen LogP contribution is -2.47.